The zero-order chi connectivity index (χ0) is 30.7. The smallest absolute Gasteiger partial charge is 0.394 e. The van der Waals surface area contributed by atoms with E-state index in [9.17, 15) is 48.7 Å². The fourth-order valence-corrected chi connectivity index (χ4v) is 6.45. The number of nitrogens with one attached hydrogen (secondary N) is 1. The molecule has 0 bridgehead atoms. The van der Waals surface area contributed by atoms with Crippen LogP contribution in [0.15, 0.2) is 17.1 Å². The summed E-state index contributed by atoms with van der Waals surface area (Å²) >= 11 is 0. The molecule has 22 heteroatoms. The fraction of sp³-hybridized carbons (Fsp3) is 0.737. The largest absolute Gasteiger partial charge is 0.473 e. The lowest BCUT2D eigenvalue weighted by Crippen LogP contribution is -2.59. The van der Waals surface area contributed by atoms with Gasteiger partial charge in [0.2, 0.25) is 5.91 Å². The van der Waals surface area contributed by atoms with Gasteiger partial charge in [-0.1, -0.05) is 0 Å². The molecule has 0 spiro atoms. The lowest BCUT2D eigenvalue weighted by atomic mass is 10.00. The standard InChI is InChI=1S/C19H32N4O16P2/c1-8(25)21-13-9(26)6-10(38-17(13)35-5-4-24)18(40(30,31)32)39-41(33,34)36-7-11-14(27)15(28)16(37-11)23-3-2-12(20)22-19(23)29/h2-3,9-11,13-18,24,26-28H,4-7H2,1H3,(H,21,25)(H,33,34)(H2,20,22,29)(H2,30,31,32)/t9-,10+,11+,13+,14-,15?,16+,17?,18?/m0/s1. The first-order chi connectivity index (χ1) is 19.0. The number of ether oxygens (including phenoxy) is 3. The summed E-state index contributed by atoms with van der Waals surface area (Å²) in [5.41, 5.74) is 4.49. The first kappa shape index (κ1) is 33.6. The van der Waals surface area contributed by atoms with E-state index in [0.29, 0.717) is 0 Å². The number of phosphoric ester groups is 1. The SMILES string of the molecule is CC(=O)N[C@H]1C(OCCO)O[C@@H](C(OP(=O)(O)OC[C@H]2O[C@@H](n3ccc(N)nc3=O)C(O)[C@H]2O)P(=O)(O)O)C[C@@H]1O. The summed E-state index contributed by atoms with van der Waals surface area (Å²) in [6, 6.07) is -0.0117. The van der Waals surface area contributed by atoms with Crippen LogP contribution in [0.1, 0.15) is 19.6 Å². The van der Waals surface area contributed by atoms with Crippen LogP contribution in [0.2, 0.25) is 0 Å². The molecule has 1 aromatic rings. The third kappa shape index (κ3) is 8.59. The number of hydrogen-bond acceptors (Lipinski definition) is 15. The monoisotopic (exact) mass is 634 g/mol. The van der Waals surface area contributed by atoms with Crippen molar-refractivity contribution < 1.29 is 72.3 Å². The van der Waals surface area contributed by atoms with Crippen LogP contribution in [0.3, 0.4) is 0 Å². The second-order valence-corrected chi connectivity index (χ2v) is 12.2. The Morgan fingerprint density at radius 1 is 1.24 bits per heavy atom. The van der Waals surface area contributed by atoms with Crippen LogP contribution in [0.5, 0.6) is 0 Å². The highest BCUT2D eigenvalue weighted by Gasteiger charge is 2.51. The van der Waals surface area contributed by atoms with Crippen molar-refractivity contribution in [2.45, 2.75) is 68.3 Å². The average molecular weight is 634 g/mol. The summed E-state index contributed by atoms with van der Waals surface area (Å²) < 4.78 is 51.3. The van der Waals surface area contributed by atoms with E-state index in [-0.39, 0.29) is 12.4 Å². The molecule has 2 aliphatic heterocycles. The molecule has 1 aromatic heterocycles. The van der Waals surface area contributed by atoms with Crippen LogP contribution in [-0.4, -0.2) is 119 Å². The van der Waals surface area contributed by atoms with Gasteiger partial charge in [0.1, 0.15) is 36.3 Å². The number of anilines is 1. The molecule has 2 aliphatic rings. The molecular weight excluding hydrogens is 602 g/mol. The van der Waals surface area contributed by atoms with E-state index in [1.165, 1.54) is 6.07 Å². The predicted octanol–water partition coefficient (Wildman–Crippen LogP) is -3.93. The minimum absolute atomic E-state index is 0.122. The average Bonchev–Trinajstić information content (AvgIpc) is 3.14. The van der Waals surface area contributed by atoms with Crippen molar-refractivity contribution in [1.82, 2.24) is 14.9 Å². The molecule has 234 valence electrons. The van der Waals surface area contributed by atoms with Gasteiger partial charge in [-0.25, -0.2) is 9.36 Å². The molecular formula is C19H32N4O16P2. The quantitative estimate of drug-likeness (QED) is 0.0991. The molecule has 10 N–H and O–H groups in total. The molecule has 0 saturated carbocycles. The molecule has 4 unspecified atom stereocenters. The summed E-state index contributed by atoms with van der Waals surface area (Å²) in [6.07, 6.45) is -10.9. The van der Waals surface area contributed by atoms with Crippen LogP contribution in [0.4, 0.5) is 5.82 Å². The van der Waals surface area contributed by atoms with E-state index in [0.717, 1.165) is 17.7 Å². The van der Waals surface area contributed by atoms with Crippen molar-refractivity contribution in [3.8, 4) is 0 Å². The number of rotatable bonds is 12. The lowest BCUT2D eigenvalue weighted by Gasteiger charge is -2.41. The topological polar surface area (TPSA) is 312 Å². The maximum atomic E-state index is 12.7. The Bertz CT molecular complexity index is 1210. The lowest BCUT2D eigenvalue weighted by molar-refractivity contribution is -0.242. The van der Waals surface area contributed by atoms with Gasteiger partial charge in [-0.3, -0.25) is 23.0 Å². The summed E-state index contributed by atoms with van der Waals surface area (Å²) in [5.74, 6) is -3.23. The third-order valence-corrected chi connectivity index (χ3v) is 8.23. The first-order valence-electron chi connectivity index (χ1n) is 11.9. The van der Waals surface area contributed by atoms with E-state index in [1.54, 1.807) is 0 Å². The highest BCUT2D eigenvalue weighted by Crippen LogP contribution is 2.56. The van der Waals surface area contributed by atoms with Crippen LogP contribution < -0.4 is 16.7 Å². The van der Waals surface area contributed by atoms with Gasteiger partial charge in [0.15, 0.2) is 18.4 Å². The molecule has 3 rings (SSSR count). The summed E-state index contributed by atoms with van der Waals surface area (Å²) in [4.78, 5) is 57.0. The van der Waals surface area contributed by atoms with Gasteiger partial charge in [0.25, 0.3) is 0 Å². The predicted molar refractivity (Wildman–Crippen MR) is 131 cm³/mol. The Morgan fingerprint density at radius 2 is 1.93 bits per heavy atom. The second-order valence-electron chi connectivity index (χ2n) is 9.10. The van der Waals surface area contributed by atoms with Crippen LogP contribution >= 0.6 is 15.4 Å². The van der Waals surface area contributed by atoms with E-state index in [4.69, 9.17) is 34.1 Å². The van der Waals surface area contributed by atoms with E-state index < -0.39 is 102 Å². The van der Waals surface area contributed by atoms with Crippen molar-refractivity contribution in [2.75, 3.05) is 25.6 Å². The number of carbonyl (C=O) groups is 1. The fourth-order valence-electron chi connectivity index (χ4n) is 4.17. The molecule has 41 heavy (non-hydrogen) atoms. The molecule has 10 atom stereocenters. The second kappa shape index (κ2) is 13.6. The van der Waals surface area contributed by atoms with Crippen LogP contribution in [0.25, 0.3) is 0 Å². The van der Waals surface area contributed by atoms with Crippen molar-refractivity contribution in [2.24, 2.45) is 0 Å². The number of phosphoric acid groups is 1. The Morgan fingerprint density at radius 3 is 2.51 bits per heavy atom. The summed E-state index contributed by atoms with van der Waals surface area (Å²) in [7, 11) is -10.8. The van der Waals surface area contributed by atoms with Crippen LogP contribution in [-0.2, 0) is 37.2 Å². The number of amides is 1. The zero-order valence-electron chi connectivity index (χ0n) is 21.4. The number of nitrogen functional groups attached to an aromatic ring is 1. The van der Waals surface area contributed by atoms with E-state index >= 15 is 0 Å². The highest BCUT2D eigenvalue weighted by atomic mass is 31.2. The van der Waals surface area contributed by atoms with Crippen LogP contribution in [0, 0.1) is 0 Å². The molecule has 1 amide bonds. The van der Waals surface area contributed by atoms with Gasteiger partial charge in [-0.15, -0.1) is 0 Å². The maximum absolute atomic E-state index is 12.7. The number of aliphatic hydroxyl groups excluding tert-OH is 4. The minimum atomic E-state index is -5.44. The Kier molecular flexibility index (Phi) is 11.2. The maximum Gasteiger partial charge on any atom is 0.473 e. The third-order valence-electron chi connectivity index (χ3n) is 5.99. The molecule has 2 saturated heterocycles. The number of carbonyl (C=O) groups excluding carboxylic acids is 1. The molecule has 0 aromatic carbocycles. The zero-order valence-corrected chi connectivity index (χ0v) is 23.1. The van der Waals surface area contributed by atoms with Crippen molar-refractivity contribution in [1.29, 1.82) is 0 Å². The number of nitrogens with two attached hydrogens (primary N) is 1. The Labute approximate surface area is 231 Å². The van der Waals surface area contributed by atoms with Gasteiger partial charge >= 0.3 is 21.1 Å². The molecule has 20 nitrogen and oxygen atoms in total. The molecule has 0 radical (unpaired) electrons. The summed E-state index contributed by atoms with van der Waals surface area (Å²) in [5, 5.41) is 42.5. The number of aromatic nitrogens is 2. The Balaban J connectivity index is 1.71. The normalized spacial score (nSPS) is 32.8. The molecule has 0 aliphatic carbocycles. The van der Waals surface area contributed by atoms with E-state index in [2.05, 4.69) is 10.3 Å². The van der Waals surface area contributed by atoms with Crippen molar-refractivity contribution >= 4 is 27.1 Å². The van der Waals surface area contributed by atoms with Crippen molar-refractivity contribution in [3.63, 3.8) is 0 Å². The van der Waals surface area contributed by atoms with Gasteiger partial charge in [-0.2, -0.15) is 4.98 Å². The number of aliphatic hydroxyl groups is 4. The first-order valence-corrected chi connectivity index (χ1v) is 15.1. The van der Waals surface area contributed by atoms with E-state index in [1.807, 2.05) is 0 Å². The van der Waals surface area contributed by atoms with Gasteiger partial charge in [0.05, 0.1) is 25.9 Å². The highest BCUT2D eigenvalue weighted by molar-refractivity contribution is 7.54. The Hall–Kier alpha value is -1.87. The van der Waals surface area contributed by atoms with Gasteiger partial charge in [0, 0.05) is 19.5 Å². The molecule has 2 fully saturated rings. The number of hydrogen-bond donors (Lipinski definition) is 9. The van der Waals surface area contributed by atoms with Gasteiger partial charge in [-0.05, 0) is 6.07 Å². The summed E-state index contributed by atoms with van der Waals surface area (Å²) in [6.45, 7) is -0.716. The molecule has 3 heterocycles. The minimum Gasteiger partial charge on any atom is -0.394 e. The number of nitrogens with zero attached hydrogens (tertiary/aromatic N) is 2. The van der Waals surface area contributed by atoms with Crippen molar-refractivity contribution in [3.05, 3.63) is 22.7 Å². The van der Waals surface area contributed by atoms with Gasteiger partial charge < -0.3 is 60.4 Å².